The van der Waals surface area contributed by atoms with Crippen LogP contribution in [0.3, 0.4) is 0 Å². The average Bonchev–Trinajstić information content (AvgIpc) is 2.68. The Morgan fingerprint density at radius 3 is 2.18 bits per heavy atom. The minimum atomic E-state index is -0.480. The number of aromatic nitrogens is 1. The van der Waals surface area contributed by atoms with Gasteiger partial charge in [-0.2, -0.15) is 0 Å². The van der Waals surface area contributed by atoms with Gasteiger partial charge in [-0.15, -0.1) is 0 Å². The van der Waals surface area contributed by atoms with Crippen molar-refractivity contribution in [3.63, 3.8) is 0 Å². The van der Waals surface area contributed by atoms with Crippen LogP contribution in [-0.4, -0.2) is 23.3 Å². The lowest BCUT2D eigenvalue weighted by molar-refractivity contribution is 0.00578. The Balaban J connectivity index is 1.84. The van der Waals surface area contributed by atoms with E-state index in [4.69, 9.17) is 9.31 Å². The fourth-order valence-corrected chi connectivity index (χ4v) is 2.35. The lowest BCUT2D eigenvalue weighted by Crippen LogP contribution is -2.41. The van der Waals surface area contributed by atoms with E-state index < -0.39 is 7.12 Å². The summed E-state index contributed by atoms with van der Waals surface area (Å²) in [4.78, 5) is 4.43. The molecule has 1 saturated heterocycles. The molecule has 1 aromatic carbocycles. The number of hydrogen-bond acceptors (Lipinski definition) is 3. The normalized spacial score (nSPS) is 19.4. The molecule has 22 heavy (non-hydrogen) atoms. The molecular weight excluding hydrogens is 280 g/mol. The molecule has 1 aliphatic rings. The Hall–Kier alpha value is -1.72. The fraction of sp³-hybridized carbons (Fsp3) is 0.353. The number of nitrogens with zero attached hydrogens (tertiary/aromatic N) is 1. The van der Waals surface area contributed by atoms with Crippen LogP contribution in [0.4, 0.5) is 4.39 Å². The first-order valence-electron chi connectivity index (χ1n) is 7.36. The van der Waals surface area contributed by atoms with Crippen molar-refractivity contribution in [3.8, 4) is 11.1 Å². The molecule has 5 heteroatoms. The van der Waals surface area contributed by atoms with Crippen LogP contribution in [0.2, 0.25) is 0 Å². The third kappa shape index (κ3) is 2.66. The van der Waals surface area contributed by atoms with Gasteiger partial charge in [-0.3, -0.25) is 4.98 Å². The smallest absolute Gasteiger partial charge is 0.398 e. The first kappa shape index (κ1) is 15.2. The minimum absolute atomic E-state index is 0.257. The highest BCUT2D eigenvalue weighted by atomic mass is 19.1. The summed E-state index contributed by atoms with van der Waals surface area (Å²) in [5.74, 6) is -0.257. The zero-order chi connectivity index (χ0) is 16.0. The molecule has 3 rings (SSSR count). The summed E-state index contributed by atoms with van der Waals surface area (Å²) in [5, 5.41) is 0. The second kappa shape index (κ2) is 5.18. The maximum Gasteiger partial charge on any atom is 0.514 e. The van der Waals surface area contributed by atoms with Gasteiger partial charge in [0.2, 0.25) is 0 Å². The molecule has 1 fully saturated rings. The van der Waals surface area contributed by atoms with Gasteiger partial charge in [-0.05, 0) is 51.5 Å². The monoisotopic (exact) mass is 299 g/mol. The van der Waals surface area contributed by atoms with Gasteiger partial charge in [0.15, 0.2) is 0 Å². The largest absolute Gasteiger partial charge is 0.514 e. The third-order valence-corrected chi connectivity index (χ3v) is 4.44. The molecule has 1 aromatic heterocycles. The van der Waals surface area contributed by atoms with E-state index in [2.05, 4.69) is 4.98 Å². The van der Waals surface area contributed by atoms with E-state index in [1.54, 1.807) is 12.3 Å². The van der Waals surface area contributed by atoms with Crippen molar-refractivity contribution in [2.24, 2.45) is 0 Å². The van der Waals surface area contributed by atoms with Crippen LogP contribution < -0.4 is 5.59 Å². The Labute approximate surface area is 130 Å². The average molecular weight is 299 g/mol. The Bertz CT molecular complexity index is 669. The highest BCUT2D eigenvalue weighted by molar-refractivity contribution is 6.61. The van der Waals surface area contributed by atoms with Crippen molar-refractivity contribution in [2.45, 2.75) is 38.9 Å². The summed E-state index contributed by atoms with van der Waals surface area (Å²) >= 11 is 0. The SMILES string of the molecule is CC1(C)OB(c2ccc(-c3cccc(F)c3)cn2)OC1(C)C. The number of hydrogen-bond donors (Lipinski definition) is 0. The summed E-state index contributed by atoms with van der Waals surface area (Å²) < 4.78 is 25.2. The predicted molar refractivity (Wildman–Crippen MR) is 85.3 cm³/mol. The molecule has 0 N–H and O–H groups in total. The minimum Gasteiger partial charge on any atom is -0.398 e. The standard InChI is InChI=1S/C17H19BFNO2/c1-16(2)17(3,4)22-18(21-16)15-9-8-13(11-20-15)12-6-5-7-14(19)10-12/h5-11H,1-4H3. The van der Waals surface area contributed by atoms with E-state index in [0.717, 1.165) is 16.7 Å². The van der Waals surface area contributed by atoms with Gasteiger partial charge in [0.25, 0.3) is 0 Å². The molecule has 114 valence electrons. The second-order valence-corrected chi connectivity index (χ2v) is 6.57. The second-order valence-electron chi connectivity index (χ2n) is 6.57. The van der Waals surface area contributed by atoms with Crippen LogP contribution >= 0.6 is 0 Å². The zero-order valence-corrected chi connectivity index (χ0v) is 13.3. The predicted octanol–water partition coefficient (Wildman–Crippen LogP) is 3.19. The summed E-state index contributed by atoms with van der Waals surface area (Å²) in [6.07, 6.45) is 1.72. The molecule has 0 atom stereocenters. The third-order valence-electron chi connectivity index (χ3n) is 4.44. The van der Waals surface area contributed by atoms with Crippen molar-refractivity contribution >= 4 is 12.7 Å². The van der Waals surface area contributed by atoms with Crippen LogP contribution in [0, 0.1) is 5.82 Å². The Morgan fingerprint density at radius 2 is 1.64 bits per heavy atom. The van der Waals surface area contributed by atoms with Gasteiger partial charge in [0, 0.05) is 11.8 Å². The molecule has 0 unspecified atom stereocenters. The van der Waals surface area contributed by atoms with Crippen LogP contribution in [0.1, 0.15) is 27.7 Å². The van der Waals surface area contributed by atoms with Crippen LogP contribution in [0.5, 0.6) is 0 Å². The maximum absolute atomic E-state index is 13.3. The van der Waals surface area contributed by atoms with Crippen LogP contribution in [0.25, 0.3) is 11.1 Å². The van der Waals surface area contributed by atoms with Crippen LogP contribution in [0.15, 0.2) is 42.6 Å². The highest BCUT2D eigenvalue weighted by Gasteiger charge is 2.52. The molecule has 1 aliphatic heterocycles. The van der Waals surface area contributed by atoms with Crippen molar-refractivity contribution in [1.82, 2.24) is 4.98 Å². The van der Waals surface area contributed by atoms with E-state index in [-0.39, 0.29) is 17.0 Å². The Kier molecular flexibility index (Phi) is 3.58. The summed E-state index contributed by atoms with van der Waals surface area (Å²) in [5.41, 5.74) is 1.60. The maximum atomic E-state index is 13.3. The molecular formula is C17H19BFNO2. The first-order valence-corrected chi connectivity index (χ1v) is 7.36. The van der Waals surface area contributed by atoms with Gasteiger partial charge in [-0.1, -0.05) is 18.2 Å². The van der Waals surface area contributed by atoms with E-state index in [1.165, 1.54) is 12.1 Å². The number of benzene rings is 1. The number of halogens is 1. The first-order chi connectivity index (χ1) is 10.3. The molecule has 0 aliphatic carbocycles. The molecule has 2 aromatic rings. The number of rotatable bonds is 2. The molecule has 0 amide bonds. The quantitative estimate of drug-likeness (QED) is 0.798. The van der Waals surface area contributed by atoms with Gasteiger partial charge in [-0.25, -0.2) is 4.39 Å². The van der Waals surface area contributed by atoms with Crippen molar-refractivity contribution < 1.29 is 13.7 Å². The lowest BCUT2D eigenvalue weighted by atomic mass is 9.84. The van der Waals surface area contributed by atoms with E-state index in [9.17, 15) is 4.39 Å². The molecule has 0 bridgehead atoms. The lowest BCUT2D eigenvalue weighted by Gasteiger charge is -2.32. The summed E-state index contributed by atoms with van der Waals surface area (Å²) in [6.45, 7) is 8.03. The zero-order valence-electron chi connectivity index (χ0n) is 13.3. The molecule has 0 spiro atoms. The van der Waals surface area contributed by atoms with Crippen molar-refractivity contribution in [2.75, 3.05) is 0 Å². The fourth-order valence-electron chi connectivity index (χ4n) is 2.35. The molecule has 0 radical (unpaired) electrons. The molecule has 2 heterocycles. The van der Waals surface area contributed by atoms with Gasteiger partial charge in [0.1, 0.15) is 5.82 Å². The van der Waals surface area contributed by atoms with Gasteiger partial charge >= 0.3 is 7.12 Å². The van der Waals surface area contributed by atoms with E-state index in [1.807, 2.05) is 45.9 Å². The van der Waals surface area contributed by atoms with E-state index >= 15 is 0 Å². The van der Waals surface area contributed by atoms with Crippen molar-refractivity contribution in [3.05, 3.63) is 48.4 Å². The summed E-state index contributed by atoms with van der Waals surface area (Å²) in [6, 6.07) is 10.2. The summed E-state index contributed by atoms with van der Waals surface area (Å²) in [7, 11) is -0.480. The van der Waals surface area contributed by atoms with Gasteiger partial charge in [0.05, 0.1) is 16.8 Å². The van der Waals surface area contributed by atoms with Crippen LogP contribution in [-0.2, 0) is 9.31 Å². The van der Waals surface area contributed by atoms with Crippen molar-refractivity contribution in [1.29, 1.82) is 0 Å². The molecule has 3 nitrogen and oxygen atoms in total. The topological polar surface area (TPSA) is 31.4 Å². The Morgan fingerprint density at radius 1 is 0.955 bits per heavy atom. The number of pyridine rings is 1. The highest BCUT2D eigenvalue weighted by Crippen LogP contribution is 2.36. The molecule has 0 saturated carbocycles. The van der Waals surface area contributed by atoms with Gasteiger partial charge < -0.3 is 9.31 Å². The van der Waals surface area contributed by atoms with E-state index in [0.29, 0.717) is 0 Å².